The lowest BCUT2D eigenvalue weighted by molar-refractivity contribution is -0.143. The molecule has 1 aromatic rings. The van der Waals surface area contributed by atoms with Gasteiger partial charge in [-0.25, -0.2) is 0 Å². The number of benzene rings is 1. The van der Waals surface area contributed by atoms with E-state index in [2.05, 4.69) is 0 Å². The molecule has 0 atom stereocenters. The maximum absolute atomic E-state index is 13.0. The van der Waals surface area contributed by atoms with E-state index in [1.807, 2.05) is 0 Å². The topological polar surface area (TPSA) is 27.7 Å². The van der Waals surface area contributed by atoms with Crippen molar-refractivity contribution in [2.24, 2.45) is 0 Å². The van der Waals surface area contributed by atoms with Crippen molar-refractivity contribution in [3.05, 3.63) is 29.3 Å². The third-order valence-corrected chi connectivity index (χ3v) is 5.95. The van der Waals surface area contributed by atoms with Crippen LogP contribution in [0.3, 0.4) is 0 Å². The highest BCUT2D eigenvalue weighted by Gasteiger charge is 2.47. The van der Waals surface area contributed by atoms with Crippen LogP contribution >= 0.6 is 0 Å². The molecular formula is C14H18F6O3Si. The van der Waals surface area contributed by atoms with Gasteiger partial charge in [-0.3, -0.25) is 0 Å². The Morgan fingerprint density at radius 3 is 1.29 bits per heavy atom. The predicted octanol–water partition coefficient (Wildman–Crippen LogP) is 3.98. The van der Waals surface area contributed by atoms with Gasteiger partial charge in [0.05, 0.1) is 11.1 Å². The van der Waals surface area contributed by atoms with Crippen LogP contribution in [0.1, 0.15) is 31.9 Å². The molecule has 0 aliphatic rings. The highest BCUT2D eigenvalue weighted by molar-refractivity contribution is 6.75. The van der Waals surface area contributed by atoms with Crippen molar-refractivity contribution in [3.8, 4) is 0 Å². The molecule has 10 heteroatoms. The van der Waals surface area contributed by atoms with E-state index in [-0.39, 0.29) is 31.1 Å². The maximum atomic E-state index is 13.0. The Kier molecular flexibility index (Phi) is 6.85. The van der Waals surface area contributed by atoms with Crippen LogP contribution < -0.4 is 5.19 Å². The molecule has 0 aliphatic carbocycles. The van der Waals surface area contributed by atoms with E-state index in [1.54, 1.807) is 20.8 Å². The van der Waals surface area contributed by atoms with E-state index in [9.17, 15) is 26.3 Å². The normalized spacial score (nSPS) is 13.4. The lowest BCUT2D eigenvalue weighted by Crippen LogP contribution is -2.57. The Hall–Kier alpha value is -1.10. The quantitative estimate of drug-likeness (QED) is 0.532. The third-order valence-electron chi connectivity index (χ3n) is 2.94. The van der Waals surface area contributed by atoms with Gasteiger partial charge in [-0.15, -0.1) is 0 Å². The Morgan fingerprint density at radius 2 is 1.04 bits per heavy atom. The fraction of sp³-hybridized carbons (Fsp3) is 0.571. The SMILES string of the molecule is CCO[Si](OCC)(OCC)c1cc(C(F)(F)F)cc(C(F)(F)F)c1. The summed E-state index contributed by atoms with van der Waals surface area (Å²) in [5.74, 6) is 0. The summed E-state index contributed by atoms with van der Waals surface area (Å²) in [6.07, 6.45) is -9.89. The largest absolute Gasteiger partial charge is 0.537 e. The number of halogens is 6. The van der Waals surface area contributed by atoms with Gasteiger partial charge in [0.15, 0.2) is 0 Å². The molecule has 3 nitrogen and oxygen atoms in total. The van der Waals surface area contributed by atoms with Crippen molar-refractivity contribution in [2.45, 2.75) is 33.1 Å². The predicted molar refractivity (Wildman–Crippen MR) is 76.7 cm³/mol. The second-order valence-corrected chi connectivity index (χ2v) is 7.21. The van der Waals surface area contributed by atoms with Crippen molar-refractivity contribution >= 4 is 14.0 Å². The van der Waals surface area contributed by atoms with Crippen molar-refractivity contribution in [2.75, 3.05) is 19.8 Å². The first-order valence-electron chi connectivity index (χ1n) is 7.22. The first-order valence-corrected chi connectivity index (χ1v) is 8.94. The van der Waals surface area contributed by atoms with Crippen molar-refractivity contribution < 1.29 is 39.6 Å². The minimum Gasteiger partial charge on any atom is -0.370 e. The molecule has 1 aromatic carbocycles. The summed E-state index contributed by atoms with van der Waals surface area (Å²) in [5.41, 5.74) is -2.85. The van der Waals surface area contributed by atoms with Gasteiger partial charge in [0, 0.05) is 25.0 Å². The summed E-state index contributed by atoms with van der Waals surface area (Å²) in [4.78, 5) is 0. The van der Waals surface area contributed by atoms with Gasteiger partial charge < -0.3 is 13.3 Å². The lowest BCUT2D eigenvalue weighted by atomic mass is 10.1. The third kappa shape index (κ3) is 4.95. The van der Waals surface area contributed by atoms with E-state index in [4.69, 9.17) is 13.3 Å². The molecule has 0 aromatic heterocycles. The smallest absolute Gasteiger partial charge is 0.370 e. The van der Waals surface area contributed by atoms with Crippen molar-refractivity contribution in [3.63, 3.8) is 0 Å². The summed E-state index contributed by atoms with van der Waals surface area (Å²) in [5, 5.41) is -0.366. The first-order chi connectivity index (χ1) is 11.0. The van der Waals surface area contributed by atoms with Crippen LogP contribution in [-0.2, 0) is 25.6 Å². The van der Waals surface area contributed by atoms with Crippen LogP contribution in [0.4, 0.5) is 26.3 Å². The van der Waals surface area contributed by atoms with Crippen LogP contribution in [0, 0.1) is 0 Å². The van der Waals surface area contributed by atoms with Crippen LogP contribution in [0.5, 0.6) is 0 Å². The zero-order chi connectivity index (χ0) is 18.6. The van der Waals surface area contributed by atoms with Crippen LogP contribution in [0.15, 0.2) is 18.2 Å². The average molecular weight is 376 g/mol. The minimum absolute atomic E-state index is 0.0177. The van der Waals surface area contributed by atoms with Gasteiger partial charge in [0.25, 0.3) is 0 Å². The Balaban J connectivity index is 3.62. The molecule has 0 heterocycles. The zero-order valence-electron chi connectivity index (χ0n) is 13.3. The van der Waals surface area contributed by atoms with E-state index in [0.717, 1.165) is 0 Å². The molecular weight excluding hydrogens is 358 g/mol. The second kappa shape index (κ2) is 7.85. The van der Waals surface area contributed by atoms with Gasteiger partial charge in [0.1, 0.15) is 0 Å². The average Bonchev–Trinajstić information content (AvgIpc) is 2.45. The zero-order valence-corrected chi connectivity index (χ0v) is 14.3. The van der Waals surface area contributed by atoms with E-state index >= 15 is 0 Å². The van der Waals surface area contributed by atoms with Crippen LogP contribution in [0.25, 0.3) is 0 Å². The molecule has 0 N–H and O–H groups in total. The number of hydrogen-bond acceptors (Lipinski definition) is 3. The molecule has 0 spiro atoms. The molecule has 24 heavy (non-hydrogen) atoms. The standard InChI is InChI=1S/C14H18F6O3Si/c1-4-21-24(22-5-2,23-6-3)12-8-10(13(15,16)17)7-11(9-12)14(18,19)20/h7-9H,4-6H2,1-3H3. The molecule has 0 saturated carbocycles. The Labute approximate surface area is 136 Å². The van der Waals surface area contributed by atoms with Gasteiger partial charge >= 0.3 is 21.2 Å². The second-order valence-electron chi connectivity index (χ2n) is 4.65. The summed E-state index contributed by atoms with van der Waals surface area (Å²) < 4.78 is 94.2. The summed E-state index contributed by atoms with van der Waals surface area (Å²) in [6.45, 7) is 4.71. The first kappa shape index (κ1) is 20.9. The molecule has 0 unspecified atom stereocenters. The molecule has 0 amide bonds. The lowest BCUT2D eigenvalue weighted by Gasteiger charge is -2.29. The van der Waals surface area contributed by atoms with Gasteiger partial charge in [0.2, 0.25) is 0 Å². The Bertz CT molecular complexity index is 495. The fourth-order valence-electron chi connectivity index (χ4n) is 2.08. The summed E-state index contributed by atoms with van der Waals surface area (Å²) in [7, 11) is -3.89. The van der Waals surface area contributed by atoms with Gasteiger partial charge in [-0.05, 0) is 39.0 Å². The number of rotatable bonds is 7. The van der Waals surface area contributed by atoms with Crippen LogP contribution in [0.2, 0.25) is 0 Å². The molecule has 138 valence electrons. The Morgan fingerprint density at radius 1 is 0.708 bits per heavy atom. The van der Waals surface area contributed by atoms with E-state index < -0.39 is 32.3 Å². The van der Waals surface area contributed by atoms with Gasteiger partial charge in [-0.1, -0.05) is 0 Å². The maximum Gasteiger partial charge on any atom is 0.537 e. The molecule has 0 saturated heterocycles. The highest BCUT2D eigenvalue weighted by atomic mass is 28.4. The highest BCUT2D eigenvalue weighted by Crippen LogP contribution is 2.35. The number of hydrogen-bond donors (Lipinski definition) is 0. The molecule has 0 aliphatic heterocycles. The van der Waals surface area contributed by atoms with E-state index in [1.165, 1.54) is 0 Å². The van der Waals surface area contributed by atoms with E-state index in [0.29, 0.717) is 12.1 Å². The van der Waals surface area contributed by atoms with Crippen molar-refractivity contribution in [1.82, 2.24) is 0 Å². The monoisotopic (exact) mass is 376 g/mol. The van der Waals surface area contributed by atoms with Crippen LogP contribution in [-0.4, -0.2) is 28.6 Å². The molecule has 0 bridgehead atoms. The fourth-order valence-corrected chi connectivity index (χ4v) is 4.63. The molecule has 0 radical (unpaired) electrons. The van der Waals surface area contributed by atoms with Crippen molar-refractivity contribution in [1.29, 1.82) is 0 Å². The summed E-state index contributed by atoms with van der Waals surface area (Å²) in [6, 6.07) is 1.26. The van der Waals surface area contributed by atoms with Gasteiger partial charge in [-0.2, -0.15) is 26.3 Å². The molecule has 1 rings (SSSR count). The summed E-state index contributed by atoms with van der Waals surface area (Å²) >= 11 is 0. The molecule has 0 fully saturated rings. The minimum atomic E-state index is -4.94. The number of alkyl halides is 6.